The number of anilines is 1. The minimum Gasteiger partial charge on any atom is -0.384 e. The summed E-state index contributed by atoms with van der Waals surface area (Å²) in [6, 6.07) is 4.61. The van der Waals surface area contributed by atoms with Crippen LogP contribution < -0.4 is 5.73 Å². The standard InChI is InChI=1S/C11H9F2N3S/c1-17-11-15-9(5-10(14)16-11)7-4-6(12)2-3-8(7)13/h2-5H,1H3,(H2,14,15,16). The zero-order valence-corrected chi connectivity index (χ0v) is 9.76. The van der Waals surface area contributed by atoms with Crippen LogP contribution in [0.1, 0.15) is 0 Å². The lowest BCUT2D eigenvalue weighted by Gasteiger charge is -2.05. The number of benzene rings is 1. The topological polar surface area (TPSA) is 51.8 Å². The van der Waals surface area contributed by atoms with Crippen molar-refractivity contribution in [3.8, 4) is 11.3 Å². The summed E-state index contributed by atoms with van der Waals surface area (Å²) in [6.45, 7) is 0. The molecule has 1 aromatic carbocycles. The number of nitrogens with zero attached hydrogens (tertiary/aromatic N) is 2. The molecule has 1 aromatic heterocycles. The van der Waals surface area contributed by atoms with Gasteiger partial charge in [0.25, 0.3) is 0 Å². The lowest BCUT2D eigenvalue weighted by molar-refractivity contribution is 0.602. The van der Waals surface area contributed by atoms with Crippen LogP contribution in [-0.2, 0) is 0 Å². The van der Waals surface area contributed by atoms with E-state index in [2.05, 4.69) is 9.97 Å². The van der Waals surface area contributed by atoms with Crippen LogP contribution in [0.25, 0.3) is 11.3 Å². The first kappa shape index (κ1) is 11.8. The van der Waals surface area contributed by atoms with Gasteiger partial charge in [0.15, 0.2) is 5.16 Å². The molecular formula is C11H9F2N3S. The van der Waals surface area contributed by atoms with Crippen molar-refractivity contribution in [1.82, 2.24) is 9.97 Å². The molecule has 0 aliphatic heterocycles. The average Bonchev–Trinajstić information content (AvgIpc) is 2.31. The van der Waals surface area contributed by atoms with Crippen molar-refractivity contribution in [3.05, 3.63) is 35.9 Å². The van der Waals surface area contributed by atoms with Gasteiger partial charge in [0.2, 0.25) is 0 Å². The molecule has 0 spiro atoms. The first-order valence-corrected chi connectivity index (χ1v) is 5.96. The third-order valence-corrected chi connectivity index (χ3v) is 2.66. The smallest absolute Gasteiger partial charge is 0.189 e. The van der Waals surface area contributed by atoms with E-state index in [0.717, 1.165) is 18.2 Å². The Morgan fingerprint density at radius 1 is 1.18 bits per heavy atom. The predicted octanol–water partition coefficient (Wildman–Crippen LogP) is 2.73. The SMILES string of the molecule is CSc1nc(N)cc(-c2cc(F)ccc2F)n1. The van der Waals surface area contributed by atoms with Crippen LogP contribution in [0.4, 0.5) is 14.6 Å². The number of nitrogens with two attached hydrogens (primary N) is 1. The largest absolute Gasteiger partial charge is 0.384 e. The molecule has 2 N–H and O–H groups in total. The van der Waals surface area contributed by atoms with E-state index >= 15 is 0 Å². The second kappa shape index (κ2) is 4.67. The van der Waals surface area contributed by atoms with E-state index in [1.165, 1.54) is 17.8 Å². The Hall–Kier alpha value is -1.69. The highest BCUT2D eigenvalue weighted by molar-refractivity contribution is 7.98. The minimum atomic E-state index is -0.545. The molecule has 0 saturated carbocycles. The van der Waals surface area contributed by atoms with E-state index < -0.39 is 11.6 Å². The molecular weight excluding hydrogens is 244 g/mol. The zero-order chi connectivity index (χ0) is 12.4. The Balaban J connectivity index is 2.59. The molecule has 0 saturated heterocycles. The van der Waals surface area contributed by atoms with Crippen LogP contribution in [0.5, 0.6) is 0 Å². The van der Waals surface area contributed by atoms with Crippen LogP contribution in [0.3, 0.4) is 0 Å². The summed E-state index contributed by atoms with van der Waals surface area (Å²) in [7, 11) is 0. The van der Waals surface area contributed by atoms with Gasteiger partial charge in [-0.3, -0.25) is 0 Å². The number of nitrogen functional groups attached to an aromatic ring is 1. The molecule has 0 bridgehead atoms. The first-order chi connectivity index (χ1) is 8.10. The summed E-state index contributed by atoms with van der Waals surface area (Å²) in [5.74, 6) is -0.844. The van der Waals surface area contributed by atoms with Crippen molar-refractivity contribution < 1.29 is 8.78 Å². The van der Waals surface area contributed by atoms with Crippen LogP contribution in [-0.4, -0.2) is 16.2 Å². The molecule has 0 atom stereocenters. The van der Waals surface area contributed by atoms with Gasteiger partial charge in [0, 0.05) is 11.6 Å². The van der Waals surface area contributed by atoms with Crippen LogP contribution in [0, 0.1) is 11.6 Å². The summed E-state index contributed by atoms with van der Waals surface area (Å²) >= 11 is 1.28. The van der Waals surface area contributed by atoms with Crippen LogP contribution in [0.2, 0.25) is 0 Å². The molecule has 2 rings (SSSR count). The van der Waals surface area contributed by atoms with Gasteiger partial charge in [-0.05, 0) is 24.5 Å². The van der Waals surface area contributed by atoms with Crippen molar-refractivity contribution >= 4 is 17.6 Å². The molecule has 6 heteroatoms. The first-order valence-electron chi connectivity index (χ1n) is 4.74. The lowest BCUT2D eigenvalue weighted by atomic mass is 10.1. The Labute approximate surface area is 101 Å². The predicted molar refractivity (Wildman–Crippen MR) is 63.6 cm³/mol. The normalized spacial score (nSPS) is 10.5. The molecule has 0 radical (unpaired) electrons. The van der Waals surface area contributed by atoms with E-state index in [0.29, 0.717) is 5.16 Å². The van der Waals surface area contributed by atoms with Gasteiger partial charge in [-0.25, -0.2) is 18.7 Å². The van der Waals surface area contributed by atoms with E-state index in [-0.39, 0.29) is 17.1 Å². The summed E-state index contributed by atoms with van der Waals surface area (Å²) < 4.78 is 26.6. The Morgan fingerprint density at radius 2 is 1.94 bits per heavy atom. The minimum absolute atomic E-state index is 0.0781. The molecule has 0 aliphatic carbocycles. The molecule has 3 nitrogen and oxygen atoms in total. The van der Waals surface area contributed by atoms with E-state index in [1.54, 1.807) is 6.26 Å². The molecule has 1 heterocycles. The van der Waals surface area contributed by atoms with E-state index in [9.17, 15) is 8.78 Å². The fourth-order valence-corrected chi connectivity index (χ4v) is 1.75. The van der Waals surface area contributed by atoms with Crippen LogP contribution >= 0.6 is 11.8 Å². The maximum Gasteiger partial charge on any atom is 0.189 e. The second-order valence-electron chi connectivity index (χ2n) is 3.29. The number of halogens is 2. The van der Waals surface area contributed by atoms with Crippen molar-refractivity contribution in [2.45, 2.75) is 5.16 Å². The summed E-state index contributed by atoms with van der Waals surface area (Å²) in [5, 5.41) is 0.420. The fourth-order valence-electron chi connectivity index (χ4n) is 1.37. The highest BCUT2D eigenvalue weighted by Crippen LogP contribution is 2.24. The molecule has 0 aliphatic rings. The molecule has 17 heavy (non-hydrogen) atoms. The molecule has 0 unspecified atom stereocenters. The fraction of sp³-hybridized carbons (Fsp3) is 0.0909. The van der Waals surface area contributed by atoms with Gasteiger partial charge in [-0.1, -0.05) is 11.8 Å². The second-order valence-corrected chi connectivity index (χ2v) is 4.06. The quantitative estimate of drug-likeness (QED) is 0.660. The summed E-state index contributed by atoms with van der Waals surface area (Å²) in [4.78, 5) is 8.03. The monoisotopic (exact) mass is 253 g/mol. The highest BCUT2D eigenvalue weighted by Gasteiger charge is 2.10. The van der Waals surface area contributed by atoms with Gasteiger partial charge >= 0.3 is 0 Å². The number of hydrogen-bond donors (Lipinski definition) is 1. The Kier molecular flexibility index (Phi) is 3.23. The molecule has 2 aromatic rings. The molecule has 0 fully saturated rings. The summed E-state index contributed by atoms with van der Waals surface area (Å²) in [5.41, 5.74) is 5.93. The zero-order valence-electron chi connectivity index (χ0n) is 8.95. The van der Waals surface area contributed by atoms with Crippen molar-refractivity contribution in [3.63, 3.8) is 0 Å². The average molecular weight is 253 g/mol. The van der Waals surface area contributed by atoms with Crippen molar-refractivity contribution in [2.24, 2.45) is 0 Å². The van der Waals surface area contributed by atoms with Gasteiger partial charge in [0.05, 0.1) is 5.69 Å². The maximum absolute atomic E-state index is 13.5. The van der Waals surface area contributed by atoms with Gasteiger partial charge in [-0.15, -0.1) is 0 Å². The Bertz CT molecular complexity index is 560. The molecule has 88 valence electrons. The van der Waals surface area contributed by atoms with E-state index in [4.69, 9.17) is 5.73 Å². The van der Waals surface area contributed by atoms with Crippen LogP contribution in [0.15, 0.2) is 29.4 Å². The van der Waals surface area contributed by atoms with E-state index in [1.807, 2.05) is 0 Å². The van der Waals surface area contributed by atoms with Gasteiger partial charge in [0.1, 0.15) is 17.5 Å². The number of thioether (sulfide) groups is 1. The number of hydrogen-bond acceptors (Lipinski definition) is 4. The van der Waals surface area contributed by atoms with Gasteiger partial charge in [-0.2, -0.15) is 0 Å². The maximum atomic E-state index is 13.5. The lowest BCUT2D eigenvalue weighted by Crippen LogP contribution is -1.98. The summed E-state index contributed by atoms with van der Waals surface area (Å²) in [6.07, 6.45) is 1.78. The number of aromatic nitrogens is 2. The van der Waals surface area contributed by atoms with Crippen molar-refractivity contribution in [1.29, 1.82) is 0 Å². The highest BCUT2D eigenvalue weighted by atomic mass is 32.2. The van der Waals surface area contributed by atoms with Crippen molar-refractivity contribution in [2.75, 3.05) is 12.0 Å². The third kappa shape index (κ3) is 2.52. The molecule has 0 amide bonds. The third-order valence-electron chi connectivity index (χ3n) is 2.11. The Morgan fingerprint density at radius 3 is 2.65 bits per heavy atom. The van der Waals surface area contributed by atoms with Gasteiger partial charge < -0.3 is 5.73 Å². The number of rotatable bonds is 2.